The maximum absolute atomic E-state index is 13.3. The number of nitrogens with zero attached hydrogens (tertiary/aromatic N) is 3. The van der Waals surface area contributed by atoms with Crippen LogP contribution in [-0.4, -0.2) is 71.0 Å². The smallest absolute Gasteiger partial charge is 0.327 e. The zero-order valence-electron chi connectivity index (χ0n) is 18.0. The van der Waals surface area contributed by atoms with Gasteiger partial charge in [0.25, 0.3) is 0 Å². The van der Waals surface area contributed by atoms with Crippen molar-refractivity contribution in [1.29, 1.82) is 0 Å². The van der Waals surface area contributed by atoms with E-state index < -0.39 is 12.1 Å². The molecule has 2 N–H and O–H groups in total. The monoisotopic (exact) mass is 451 g/mol. The first-order valence-electron chi connectivity index (χ1n) is 11.0. The highest BCUT2D eigenvalue weighted by Crippen LogP contribution is 2.32. The Morgan fingerprint density at radius 2 is 2.00 bits per heavy atom. The predicted octanol–water partition coefficient (Wildman–Crippen LogP) is 1.38. The second-order valence-electron chi connectivity index (χ2n) is 8.20. The van der Waals surface area contributed by atoms with Crippen LogP contribution in [0.4, 0.5) is 10.5 Å². The van der Waals surface area contributed by atoms with Crippen LogP contribution in [0.5, 0.6) is 11.5 Å². The van der Waals surface area contributed by atoms with Crippen molar-refractivity contribution in [2.45, 2.75) is 31.5 Å². The summed E-state index contributed by atoms with van der Waals surface area (Å²) in [6.07, 6.45) is 3.10. The fourth-order valence-corrected chi connectivity index (χ4v) is 4.48. The number of anilines is 1. The molecule has 1 aromatic heterocycles. The molecule has 2 saturated heterocycles. The standard InChI is InChI=1S/C23H25N5O5/c29-20(26-15-6-7-18-19(12-15)33-11-10-32-18)14-27-17-5-3-9-25-21(17)22(30)28(23(27)31)13-16-4-1-2-8-24-16/h1-2,4,6-8,12,17,21,25H,3,5,9-11,13-14H2,(H,26,29). The molecule has 10 heteroatoms. The average molecular weight is 451 g/mol. The van der Waals surface area contributed by atoms with E-state index in [9.17, 15) is 14.4 Å². The van der Waals surface area contributed by atoms with Gasteiger partial charge in [0, 0.05) is 18.0 Å². The number of imide groups is 1. The van der Waals surface area contributed by atoms with Crippen LogP contribution >= 0.6 is 0 Å². The van der Waals surface area contributed by atoms with E-state index in [1.54, 1.807) is 42.6 Å². The molecule has 172 valence electrons. The lowest BCUT2D eigenvalue weighted by atomic mass is 9.93. The number of ether oxygens (including phenoxy) is 2. The Morgan fingerprint density at radius 3 is 2.82 bits per heavy atom. The third kappa shape index (κ3) is 4.34. The fraction of sp³-hybridized carbons (Fsp3) is 0.391. The number of piperidine rings is 1. The topological polar surface area (TPSA) is 113 Å². The molecule has 0 bridgehead atoms. The van der Waals surface area contributed by atoms with Gasteiger partial charge in [0.05, 0.1) is 18.3 Å². The molecule has 2 unspecified atom stereocenters. The number of rotatable bonds is 5. The van der Waals surface area contributed by atoms with E-state index in [4.69, 9.17) is 9.47 Å². The summed E-state index contributed by atoms with van der Waals surface area (Å²) in [7, 11) is 0. The average Bonchev–Trinajstić information content (AvgIpc) is 2.85. The maximum atomic E-state index is 13.3. The summed E-state index contributed by atoms with van der Waals surface area (Å²) < 4.78 is 11.1. The van der Waals surface area contributed by atoms with Gasteiger partial charge in [-0.3, -0.25) is 19.5 Å². The first kappa shape index (κ1) is 21.2. The van der Waals surface area contributed by atoms with E-state index >= 15 is 0 Å². The van der Waals surface area contributed by atoms with Crippen molar-refractivity contribution in [2.75, 3.05) is 31.6 Å². The summed E-state index contributed by atoms with van der Waals surface area (Å²) in [5.41, 5.74) is 1.16. The van der Waals surface area contributed by atoms with Crippen LogP contribution in [0.1, 0.15) is 18.5 Å². The van der Waals surface area contributed by atoms with Gasteiger partial charge in [0.2, 0.25) is 11.8 Å². The van der Waals surface area contributed by atoms with Crippen LogP contribution in [-0.2, 0) is 16.1 Å². The van der Waals surface area contributed by atoms with Gasteiger partial charge in [-0.15, -0.1) is 0 Å². The van der Waals surface area contributed by atoms with E-state index in [2.05, 4.69) is 15.6 Å². The number of urea groups is 1. The molecule has 0 aliphatic carbocycles. The summed E-state index contributed by atoms with van der Waals surface area (Å²) in [4.78, 5) is 46.2. The Morgan fingerprint density at radius 1 is 1.15 bits per heavy atom. The first-order valence-corrected chi connectivity index (χ1v) is 11.0. The maximum Gasteiger partial charge on any atom is 0.327 e. The summed E-state index contributed by atoms with van der Waals surface area (Å²) in [5.74, 6) is 0.567. The minimum atomic E-state index is -0.540. The third-order valence-corrected chi connectivity index (χ3v) is 6.02. The van der Waals surface area contributed by atoms with Crippen LogP contribution in [0.2, 0.25) is 0 Å². The number of aromatic nitrogens is 1. The minimum absolute atomic E-state index is 0.0592. The van der Waals surface area contributed by atoms with Gasteiger partial charge in [-0.25, -0.2) is 4.79 Å². The van der Waals surface area contributed by atoms with Crippen LogP contribution in [0.25, 0.3) is 0 Å². The molecule has 0 spiro atoms. The van der Waals surface area contributed by atoms with E-state index in [0.717, 1.165) is 6.42 Å². The van der Waals surface area contributed by atoms with Gasteiger partial charge in [0.15, 0.2) is 11.5 Å². The largest absolute Gasteiger partial charge is 0.486 e. The summed E-state index contributed by atoms with van der Waals surface area (Å²) >= 11 is 0. The molecule has 2 aromatic rings. The second kappa shape index (κ2) is 9.07. The van der Waals surface area contributed by atoms with E-state index in [0.29, 0.717) is 49.1 Å². The third-order valence-electron chi connectivity index (χ3n) is 6.02. The second-order valence-corrected chi connectivity index (χ2v) is 8.20. The van der Waals surface area contributed by atoms with Crippen LogP contribution in [0, 0.1) is 0 Å². The lowest BCUT2D eigenvalue weighted by Crippen LogP contribution is -2.70. The fourth-order valence-electron chi connectivity index (χ4n) is 4.48. The van der Waals surface area contributed by atoms with E-state index in [1.807, 2.05) is 0 Å². The van der Waals surface area contributed by atoms with Crippen molar-refractivity contribution < 1.29 is 23.9 Å². The number of benzene rings is 1. The molecule has 33 heavy (non-hydrogen) atoms. The van der Waals surface area contributed by atoms with Gasteiger partial charge in [-0.05, 0) is 43.7 Å². The highest BCUT2D eigenvalue weighted by Gasteiger charge is 2.47. The van der Waals surface area contributed by atoms with Crippen LogP contribution in [0.3, 0.4) is 0 Å². The van der Waals surface area contributed by atoms with Gasteiger partial charge in [-0.1, -0.05) is 6.07 Å². The Hall–Kier alpha value is -3.66. The predicted molar refractivity (Wildman–Crippen MR) is 118 cm³/mol. The number of nitrogens with one attached hydrogen (secondary N) is 2. The number of pyridine rings is 1. The molecule has 2 atom stereocenters. The molecular weight excluding hydrogens is 426 g/mol. The molecule has 3 aliphatic rings. The van der Waals surface area contributed by atoms with Crippen molar-refractivity contribution in [3.05, 3.63) is 48.3 Å². The van der Waals surface area contributed by atoms with Crippen molar-refractivity contribution in [2.24, 2.45) is 0 Å². The SMILES string of the molecule is O=C(CN1C(=O)N(Cc2ccccn2)C(=O)C2NCCCC21)Nc1ccc2c(c1)OCCO2. The minimum Gasteiger partial charge on any atom is -0.486 e. The molecule has 3 aliphatic heterocycles. The molecule has 10 nitrogen and oxygen atoms in total. The lowest BCUT2D eigenvalue weighted by molar-refractivity contribution is -0.138. The highest BCUT2D eigenvalue weighted by atomic mass is 16.6. The van der Waals surface area contributed by atoms with E-state index in [1.165, 1.54) is 9.80 Å². The number of carbonyl (C=O) groups excluding carboxylic acids is 3. The molecule has 2 fully saturated rings. The Bertz CT molecular complexity index is 1060. The van der Waals surface area contributed by atoms with Gasteiger partial charge >= 0.3 is 6.03 Å². The number of carbonyl (C=O) groups is 3. The molecular formula is C23H25N5O5. The molecule has 4 amide bonds. The molecule has 5 rings (SSSR count). The highest BCUT2D eigenvalue weighted by molar-refractivity contribution is 6.02. The summed E-state index contributed by atoms with van der Waals surface area (Å²) in [6, 6.07) is 9.12. The normalized spacial score (nSPS) is 22.1. The Kier molecular flexibility index (Phi) is 5.82. The van der Waals surface area contributed by atoms with E-state index in [-0.39, 0.29) is 30.9 Å². The van der Waals surface area contributed by atoms with Gasteiger partial charge in [0.1, 0.15) is 25.8 Å². The van der Waals surface area contributed by atoms with Crippen molar-refractivity contribution in [1.82, 2.24) is 20.1 Å². The quantitative estimate of drug-likeness (QED) is 0.706. The number of hydrogen-bond donors (Lipinski definition) is 2. The van der Waals surface area contributed by atoms with Crippen molar-refractivity contribution >= 4 is 23.5 Å². The number of hydrogen-bond acceptors (Lipinski definition) is 7. The number of fused-ring (bicyclic) bond motifs is 2. The molecule has 0 radical (unpaired) electrons. The lowest BCUT2D eigenvalue weighted by Gasteiger charge is -2.46. The van der Waals surface area contributed by atoms with Crippen molar-refractivity contribution in [3.63, 3.8) is 0 Å². The Labute approximate surface area is 190 Å². The number of amides is 4. The molecule has 0 saturated carbocycles. The summed E-state index contributed by atoms with van der Waals surface area (Å²) in [5, 5.41) is 6.05. The molecule has 1 aromatic carbocycles. The van der Waals surface area contributed by atoms with Crippen molar-refractivity contribution in [3.8, 4) is 11.5 Å². The van der Waals surface area contributed by atoms with Crippen LogP contribution < -0.4 is 20.1 Å². The zero-order chi connectivity index (χ0) is 22.8. The Balaban J connectivity index is 1.33. The van der Waals surface area contributed by atoms with Gasteiger partial charge < -0.3 is 25.0 Å². The van der Waals surface area contributed by atoms with Crippen LogP contribution in [0.15, 0.2) is 42.6 Å². The first-order chi connectivity index (χ1) is 16.1. The summed E-state index contributed by atoms with van der Waals surface area (Å²) in [6.45, 7) is 1.52. The molecule has 4 heterocycles. The zero-order valence-corrected chi connectivity index (χ0v) is 18.0. The van der Waals surface area contributed by atoms with Gasteiger partial charge in [-0.2, -0.15) is 0 Å².